The molecule has 0 bridgehead atoms. The molecule has 1 aliphatic carbocycles. The van der Waals surface area contributed by atoms with E-state index in [4.69, 9.17) is 9.97 Å². The summed E-state index contributed by atoms with van der Waals surface area (Å²) in [4.78, 5) is 10.1. The fourth-order valence-electron chi connectivity index (χ4n) is 10.6. The van der Waals surface area contributed by atoms with Crippen LogP contribution in [0.1, 0.15) is 56.2 Å². The first-order valence-electron chi connectivity index (χ1n) is 21.5. The first kappa shape index (κ1) is 37.4. The third-order valence-electron chi connectivity index (χ3n) is 13.2. The summed E-state index contributed by atoms with van der Waals surface area (Å²) in [5.74, 6) is 1.85. The molecule has 0 amide bonds. The zero-order valence-corrected chi connectivity index (χ0v) is 35.7. The highest BCUT2D eigenvalue weighted by atomic mass is 15.1. The average molecular weight is 799 g/mol. The van der Waals surface area contributed by atoms with Crippen molar-refractivity contribution in [2.75, 3.05) is 0 Å². The van der Waals surface area contributed by atoms with Gasteiger partial charge in [-0.25, -0.2) is 9.97 Å². The van der Waals surface area contributed by atoms with E-state index in [-0.39, 0.29) is 0 Å². The molecular formula is C58H46N4. The maximum Gasteiger partial charge on any atom is 0.111 e. The molecule has 0 radical (unpaired) electrons. The summed E-state index contributed by atoms with van der Waals surface area (Å²) in [5.41, 5.74) is 20.3. The van der Waals surface area contributed by atoms with Gasteiger partial charge in [0.15, 0.2) is 0 Å². The lowest BCUT2D eigenvalue weighted by molar-refractivity contribution is 0.769. The Hall–Kier alpha value is -7.56. The summed E-state index contributed by atoms with van der Waals surface area (Å²) in [5, 5.41) is 2.31. The highest BCUT2D eigenvalue weighted by Crippen LogP contribution is 2.59. The molecule has 4 nitrogen and oxygen atoms in total. The summed E-state index contributed by atoms with van der Waals surface area (Å²) in [6.45, 7) is 15.1. The lowest BCUT2D eigenvalue weighted by Crippen LogP contribution is -2.29. The number of para-hydroxylation sites is 4. The molecule has 8 aromatic carbocycles. The van der Waals surface area contributed by atoms with Gasteiger partial charge in [-0.2, -0.15) is 0 Å². The van der Waals surface area contributed by atoms with Crippen LogP contribution in [0.25, 0.3) is 66.5 Å². The van der Waals surface area contributed by atoms with Crippen molar-refractivity contribution in [1.29, 1.82) is 0 Å². The summed E-state index contributed by atoms with van der Waals surface area (Å²) >= 11 is 0. The standard InChI is InChI=1S/C58H46N4/c1-7-16-52(61-39(5)59-50-22-10-12-24-54(50)61)47-35-48-44(18-15-26-53(48)62-40(6)60-51-23-11-13-25-55(51)62)56(38(47)4)46-20-14-19-45-43-17-8-9-21-49(43)58(57(45)46,41-31-27-36(2)28-32-41)42-33-29-37(3)30-34-42/h7-35H,1H2,2-6H3/b52-16+. The predicted molar refractivity (Wildman–Crippen MR) is 258 cm³/mol. The van der Waals surface area contributed by atoms with Gasteiger partial charge in [-0.05, 0) is 133 Å². The van der Waals surface area contributed by atoms with Crippen molar-refractivity contribution in [3.8, 4) is 27.9 Å². The highest BCUT2D eigenvalue weighted by Gasteiger charge is 2.48. The molecule has 0 unspecified atom stereocenters. The van der Waals surface area contributed by atoms with Crippen LogP contribution in [0.4, 0.5) is 0 Å². The minimum Gasteiger partial charge on any atom is -0.296 e. The molecule has 2 aromatic heterocycles. The topological polar surface area (TPSA) is 35.6 Å². The van der Waals surface area contributed by atoms with Crippen LogP contribution in [-0.2, 0) is 5.41 Å². The number of hydrogen-bond donors (Lipinski definition) is 0. The number of aryl methyl sites for hydroxylation is 4. The molecule has 0 aliphatic heterocycles. The molecule has 0 spiro atoms. The zero-order chi connectivity index (χ0) is 42.3. The van der Waals surface area contributed by atoms with E-state index in [0.717, 1.165) is 56.0 Å². The first-order chi connectivity index (χ1) is 30.3. The normalized spacial score (nSPS) is 13.2. The molecule has 2 heterocycles. The van der Waals surface area contributed by atoms with Crippen molar-refractivity contribution in [3.05, 3.63) is 239 Å². The second-order valence-corrected chi connectivity index (χ2v) is 16.8. The molecule has 0 saturated carbocycles. The maximum absolute atomic E-state index is 5.06. The molecule has 0 N–H and O–H groups in total. The second-order valence-electron chi connectivity index (χ2n) is 16.8. The molecule has 0 atom stereocenters. The molecule has 0 saturated heterocycles. The molecule has 298 valence electrons. The van der Waals surface area contributed by atoms with Gasteiger partial charge in [0.05, 0.1) is 38.9 Å². The van der Waals surface area contributed by atoms with Gasteiger partial charge in [-0.15, -0.1) is 0 Å². The quantitative estimate of drug-likeness (QED) is 0.151. The van der Waals surface area contributed by atoms with Crippen molar-refractivity contribution >= 4 is 38.5 Å². The molecule has 0 fully saturated rings. The van der Waals surface area contributed by atoms with Crippen LogP contribution >= 0.6 is 0 Å². The third kappa shape index (κ3) is 5.39. The van der Waals surface area contributed by atoms with Gasteiger partial charge < -0.3 is 0 Å². The lowest BCUT2D eigenvalue weighted by atomic mass is 9.65. The number of hydrogen-bond acceptors (Lipinski definition) is 2. The number of aromatic nitrogens is 4. The number of benzene rings is 8. The van der Waals surface area contributed by atoms with Gasteiger partial charge in [0.25, 0.3) is 0 Å². The van der Waals surface area contributed by atoms with E-state index in [2.05, 4.69) is 220 Å². The minimum absolute atomic E-state index is 0.607. The van der Waals surface area contributed by atoms with E-state index in [9.17, 15) is 0 Å². The molecular weight excluding hydrogens is 753 g/mol. The fraction of sp³-hybridized carbons (Fsp3) is 0.103. The lowest BCUT2D eigenvalue weighted by Gasteiger charge is -2.36. The van der Waals surface area contributed by atoms with Gasteiger partial charge in [0.1, 0.15) is 11.6 Å². The Kier molecular flexibility index (Phi) is 8.62. The van der Waals surface area contributed by atoms with Gasteiger partial charge in [0.2, 0.25) is 0 Å². The second kappa shape index (κ2) is 14.3. The summed E-state index contributed by atoms with van der Waals surface area (Å²) in [7, 11) is 0. The SMILES string of the molecule is C=C/C=C(\c1cc2c(-n3c(C)nc4ccccc43)cccc2c(-c2cccc3c2C(c2ccc(C)cc2)(c2ccc(C)cc2)c2ccccc2-3)c1C)n1c(C)nc2ccccc21. The summed E-state index contributed by atoms with van der Waals surface area (Å²) < 4.78 is 4.62. The van der Waals surface area contributed by atoms with E-state index in [1.54, 1.807) is 0 Å². The largest absolute Gasteiger partial charge is 0.296 e. The first-order valence-corrected chi connectivity index (χ1v) is 21.5. The number of imidazole rings is 2. The summed E-state index contributed by atoms with van der Waals surface area (Å²) in [6.07, 6.45) is 4.05. The third-order valence-corrected chi connectivity index (χ3v) is 13.2. The average Bonchev–Trinajstić information content (AvgIpc) is 3.92. The van der Waals surface area contributed by atoms with E-state index < -0.39 is 5.41 Å². The Balaban J connectivity index is 1.32. The molecule has 10 aromatic rings. The van der Waals surface area contributed by atoms with E-state index in [1.165, 1.54) is 66.6 Å². The van der Waals surface area contributed by atoms with E-state index in [1.807, 2.05) is 6.08 Å². The zero-order valence-electron chi connectivity index (χ0n) is 35.7. The monoisotopic (exact) mass is 798 g/mol. The van der Waals surface area contributed by atoms with Crippen LogP contribution in [0.5, 0.6) is 0 Å². The molecule has 11 rings (SSSR count). The Bertz CT molecular complexity index is 3420. The van der Waals surface area contributed by atoms with Crippen LogP contribution < -0.4 is 0 Å². The van der Waals surface area contributed by atoms with Crippen molar-refractivity contribution in [1.82, 2.24) is 19.1 Å². The predicted octanol–water partition coefficient (Wildman–Crippen LogP) is 14.2. The maximum atomic E-state index is 5.06. The smallest absolute Gasteiger partial charge is 0.111 e. The Morgan fingerprint density at radius 2 is 1.13 bits per heavy atom. The Morgan fingerprint density at radius 1 is 0.548 bits per heavy atom. The van der Waals surface area contributed by atoms with Crippen LogP contribution in [0, 0.1) is 34.6 Å². The van der Waals surface area contributed by atoms with Crippen molar-refractivity contribution in [3.63, 3.8) is 0 Å². The van der Waals surface area contributed by atoms with Crippen LogP contribution in [0.15, 0.2) is 183 Å². The minimum atomic E-state index is -0.607. The van der Waals surface area contributed by atoms with Crippen molar-refractivity contribution in [2.45, 2.75) is 40.0 Å². The fourth-order valence-corrected chi connectivity index (χ4v) is 10.6. The number of fused-ring (bicyclic) bond motifs is 6. The molecule has 62 heavy (non-hydrogen) atoms. The van der Waals surface area contributed by atoms with E-state index >= 15 is 0 Å². The van der Waals surface area contributed by atoms with Crippen molar-refractivity contribution in [2.24, 2.45) is 0 Å². The van der Waals surface area contributed by atoms with Gasteiger partial charge in [-0.3, -0.25) is 9.13 Å². The van der Waals surface area contributed by atoms with Crippen molar-refractivity contribution < 1.29 is 0 Å². The van der Waals surface area contributed by atoms with Gasteiger partial charge in [0, 0.05) is 10.9 Å². The van der Waals surface area contributed by atoms with E-state index in [0.29, 0.717) is 0 Å². The highest BCUT2D eigenvalue weighted by molar-refractivity contribution is 6.08. The number of rotatable bonds is 7. The number of allylic oxidation sites excluding steroid dienone is 2. The van der Waals surface area contributed by atoms with Gasteiger partial charge >= 0.3 is 0 Å². The summed E-state index contributed by atoms with van der Waals surface area (Å²) in [6, 6.07) is 60.5. The molecule has 4 heteroatoms. The van der Waals surface area contributed by atoms with Crippen LogP contribution in [0.3, 0.4) is 0 Å². The Labute approximate surface area is 362 Å². The van der Waals surface area contributed by atoms with Crippen LogP contribution in [-0.4, -0.2) is 19.1 Å². The van der Waals surface area contributed by atoms with Crippen LogP contribution in [0.2, 0.25) is 0 Å². The molecule has 1 aliphatic rings. The number of nitrogens with zero attached hydrogens (tertiary/aromatic N) is 4. The Morgan fingerprint density at radius 3 is 1.84 bits per heavy atom. The van der Waals surface area contributed by atoms with Gasteiger partial charge in [-0.1, -0.05) is 151 Å².